The van der Waals surface area contributed by atoms with Crippen molar-refractivity contribution in [1.82, 2.24) is 0 Å². The summed E-state index contributed by atoms with van der Waals surface area (Å²) >= 11 is 0. The second-order valence-electron chi connectivity index (χ2n) is 5.69. The van der Waals surface area contributed by atoms with Gasteiger partial charge in [-0.2, -0.15) is 0 Å². The van der Waals surface area contributed by atoms with Gasteiger partial charge < -0.3 is 11.1 Å². The van der Waals surface area contributed by atoms with Crippen LogP contribution in [0.2, 0.25) is 0 Å². The van der Waals surface area contributed by atoms with Crippen LogP contribution in [-0.4, -0.2) is 0 Å². The van der Waals surface area contributed by atoms with Crippen LogP contribution in [0.5, 0.6) is 0 Å². The molecule has 3 N–H and O–H groups in total. The number of rotatable bonds is 2. The lowest BCUT2D eigenvalue weighted by Gasteiger charge is -2.19. The summed E-state index contributed by atoms with van der Waals surface area (Å²) in [6.07, 6.45) is 0. The highest BCUT2D eigenvalue weighted by molar-refractivity contribution is 5.62. The molecule has 19 heavy (non-hydrogen) atoms. The van der Waals surface area contributed by atoms with Crippen molar-refractivity contribution in [2.75, 3.05) is 11.1 Å². The van der Waals surface area contributed by atoms with E-state index >= 15 is 0 Å². The number of nitrogens with one attached hydrogen (secondary N) is 1. The van der Waals surface area contributed by atoms with Crippen molar-refractivity contribution in [3.05, 3.63) is 53.8 Å². The first-order valence-corrected chi connectivity index (χ1v) is 6.29. The van der Waals surface area contributed by atoms with E-state index in [1.807, 2.05) is 12.1 Å². The Morgan fingerprint density at radius 2 is 1.63 bits per heavy atom. The standard InChI is InChI=1S/C16H19FN2/c1-16(2,3)11-4-7-13(8-5-11)19-15-9-6-12(18)10-14(15)17/h4-10,19H,18H2,1-3H3. The fraction of sp³-hybridized carbons (Fsp3) is 0.250. The van der Waals surface area contributed by atoms with Crippen molar-refractivity contribution in [1.29, 1.82) is 0 Å². The zero-order chi connectivity index (χ0) is 14.0. The lowest BCUT2D eigenvalue weighted by Crippen LogP contribution is -2.10. The van der Waals surface area contributed by atoms with Crippen LogP contribution < -0.4 is 11.1 Å². The van der Waals surface area contributed by atoms with E-state index in [-0.39, 0.29) is 11.2 Å². The molecule has 0 spiro atoms. The number of nitrogens with two attached hydrogens (primary N) is 1. The Balaban J connectivity index is 2.20. The SMILES string of the molecule is CC(C)(C)c1ccc(Nc2ccc(N)cc2F)cc1. The highest BCUT2D eigenvalue weighted by Crippen LogP contribution is 2.26. The third kappa shape index (κ3) is 3.25. The largest absolute Gasteiger partial charge is 0.399 e. The van der Waals surface area contributed by atoms with Crippen LogP contribution in [0.4, 0.5) is 21.5 Å². The summed E-state index contributed by atoms with van der Waals surface area (Å²) in [5.41, 5.74) is 8.59. The molecule has 0 aromatic heterocycles. The predicted octanol–water partition coefficient (Wildman–Crippen LogP) is 4.45. The first kappa shape index (κ1) is 13.4. The van der Waals surface area contributed by atoms with E-state index in [4.69, 9.17) is 5.73 Å². The zero-order valence-electron chi connectivity index (χ0n) is 11.5. The van der Waals surface area contributed by atoms with Gasteiger partial charge in [0.05, 0.1) is 5.69 Å². The number of benzene rings is 2. The Kier molecular flexibility index (Phi) is 3.47. The van der Waals surface area contributed by atoms with E-state index in [9.17, 15) is 4.39 Å². The number of nitrogen functional groups attached to an aromatic ring is 1. The molecule has 2 rings (SSSR count). The van der Waals surface area contributed by atoms with Gasteiger partial charge in [0.15, 0.2) is 0 Å². The quantitative estimate of drug-likeness (QED) is 0.781. The van der Waals surface area contributed by atoms with E-state index in [0.29, 0.717) is 11.4 Å². The molecule has 0 aliphatic carbocycles. The molecule has 0 radical (unpaired) electrons. The van der Waals surface area contributed by atoms with Crippen molar-refractivity contribution in [2.45, 2.75) is 26.2 Å². The monoisotopic (exact) mass is 258 g/mol. The third-order valence-corrected chi connectivity index (χ3v) is 3.02. The van der Waals surface area contributed by atoms with Gasteiger partial charge in [0.25, 0.3) is 0 Å². The maximum atomic E-state index is 13.7. The van der Waals surface area contributed by atoms with Gasteiger partial charge in [-0.25, -0.2) is 4.39 Å². The van der Waals surface area contributed by atoms with Crippen molar-refractivity contribution >= 4 is 17.1 Å². The lowest BCUT2D eigenvalue weighted by atomic mass is 9.87. The van der Waals surface area contributed by atoms with Crippen molar-refractivity contribution in [3.8, 4) is 0 Å². The number of hydrogen-bond acceptors (Lipinski definition) is 2. The maximum Gasteiger partial charge on any atom is 0.148 e. The fourth-order valence-electron chi connectivity index (χ4n) is 1.84. The molecule has 0 aliphatic rings. The van der Waals surface area contributed by atoms with Gasteiger partial charge in [-0.15, -0.1) is 0 Å². The van der Waals surface area contributed by atoms with Crippen LogP contribution in [0.15, 0.2) is 42.5 Å². The first-order chi connectivity index (χ1) is 8.86. The molecule has 100 valence electrons. The van der Waals surface area contributed by atoms with Gasteiger partial charge >= 0.3 is 0 Å². The molecule has 2 nitrogen and oxygen atoms in total. The summed E-state index contributed by atoms with van der Waals surface area (Å²) in [7, 11) is 0. The third-order valence-electron chi connectivity index (χ3n) is 3.02. The molecular weight excluding hydrogens is 239 g/mol. The summed E-state index contributed by atoms with van der Waals surface area (Å²) in [6, 6.07) is 12.6. The lowest BCUT2D eigenvalue weighted by molar-refractivity contribution is 0.590. The summed E-state index contributed by atoms with van der Waals surface area (Å²) in [5.74, 6) is -0.347. The summed E-state index contributed by atoms with van der Waals surface area (Å²) in [6.45, 7) is 6.49. The minimum Gasteiger partial charge on any atom is -0.399 e. The smallest absolute Gasteiger partial charge is 0.148 e. The van der Waals surface area contributed by atoms with Crippen LogP contribution >= 0.6 is 0 Å². The highest BCUT2D eigenvalue weighted by atomic mass is 19.1. The highest BCUT2D eigenvalue weighted by Gasteiger charge is 2.13. The molecule has 0 saturated heterocycles. The Hall–Kier alpha value is -2.03. The van der Waals surface area contributed by atoms with E-state index in [1.165, 1.54) is 11.6 Å². The predicted molar refractivity (Wildman–Crippen MR) is 79.2 cm³/mol. The van der Waals surface area contributed by atoms with E-state index < -0.39 is 0 Å². The summed E-state index contributed by atoms with van der Waals surface area (Å²) in [5, 5.41) is 3.05. The molecule has 0 amide bonds. The van der Waals surface area contributed by atoms with E-state index in [1.54, 1.807) is 12.1 Å². The van der Waals surface area contributed by atoms with Crippen LogP contribution in [-0.2, 0) is 5.41 Å². The van der Waals surface area contributed by atoms with E-state index in [2.05, 4.69) is 38.2 Å². The molecule has 0 atom stereocenters. The summed E-state index contributed by atoms with van der Waals surface area (Å²) in [4.78, 5) is 0. The maximum absolute atomic E-state index is 13.7. The molecule has 2 aromatic rings. The minimum absolute atomic E-state index is 0.116. The van der Waals surface area contributed by atoms with Gasteiger partial charge in [0, 0.05) is 11.4 Å². The van der Waals surface area contributed by atoms with Crippen LogP contribution in [0.3, 0.4) is 0 Å². The number of hydrogen-bond donors (Lipinski definition) is 2. The number of anilines is 3. The fourth-order valence-corrected chi connectivity index (χ4v) is 1.84. The molecule has 2 aromatic carbocycles. The minimum atomic E-state index is -0.347. The van der Waals surface area contributed by atoms with Gasteiger partial charge in [-0.1, -0.05) is 32.9 Å². The Bertz CT molecular complexity index is 568. The van der Waals surface area contributed by atoms with Crippen LogP contribution in [0.1, 0.15) is 26.3 Å². The van der Waals surface area contributed by atoms with Crippen LogP contribution in [0.25, 0.3) is 0 Å². The molecule has 0 unspecified atom stereocenters. The second-order valence-corrected chi connectivity index (χ2v) is 5.69. The summed E-state index contributed by atoms with van der Waals surface area (Å²) < 4.78 is 13.7. The normalized spacial score (nSPS) is 11.4. The topological polar surface area (TPSA) is 38.0 Å². The average Bonchev–Trinajstić information content (AvgIpc) is 2.32. The first-order valence-electron chi connectivity index (χ1n) is 6.29. The Morgan fingerprint density at radius 3 is 2.16 bits per heavy atom. The van der Waals surface area contributed by atoms with Gasteiger partial charge in [0.1, 0.15) is 5.82 Å². The molecule has 0 heterocycles. The van der Waals surface area contributed by atoms with Gasteiger partial charge in [-0.05, 0) is 41.3 Å². The van der Waals surface area contributed by atoms with Crippen molar-refractivity contribution in [2.24, 2.45) is 0 Å². The average molecular weight is 258 g/mol. The zero-order valence-corrected chi connectivity index (χ0v) is 11.5. The molecule has 0 bridgehead atoms. The Labute approximate surface area is 113 Å². The molecular formula is C16H19FN2. The molecule has 3 heteroatoms. The van der Waals surface area contributed by atoms with E-state index in [0.717, 1.165) is 5.69 Å². The van der Waals surface area contributed by atoms with Gasteiger partial charge in [-0.3, -0.25) is 0 Å². The van der Waals surface area contributed by atoms with Crippen LogP contribution in [0, 0.1) is 5.82 Å². The Morgan fingerprint density at radius 1 is 1.00 bits per heavy atom. The van der Waals surface area contributed by atoms with Crippen molar-refractivity contribution < 1.29 is 4.39 Å². The molecule has 0 saturated carbocycles. The van der Waals surface area contributed by atoms with Crippen molar-refractivity contribution in [3.63, 3.8) is 0 Å². The van der Waals surface area contributed by atoms with Gasteiger partial charge in [0.2, 0.25) is 0 Å². The second kappa shape index (κ2) is 4.92. The molecule has 0 aliphatic heterocycles. The molecule has 0 fully saturated rings. The number of halogens is 1.